The average Bonchev–Trinajstić information content (AvgIpc) is 2.33. The Morgan fingerprint density at radius 3 is 2.39 bits per heavy atom. The maximum Gasteiger partial charge on any atom is 0.322 e. The van der Waals surface area contributed by atoms with Gasteiger partial charge in [-0.1, -0.05) is 23.2 Å². The van der Waals surface area contributed by atoms with E-state index in [1.54, 1.807) is 12.1 Å². The Morgan fingerprint density at radius 2 is 1.83 bits per heavy atom. The molecule has 1 rings (SSSR count). The summed E-state index contributed by atoms with van der Waals surface area (Å²) in [5.41, 5.74) is 0.384. The van der Waals surface area contributed by atoms with Gasteiger partial charge in [-0.25, -0.2) is 4.79 Å². The largest absolute Gasteiger partial charge is 0.395 e. The van der Waals surface area contributed by atoms with Crippen molar-refractivity contribution in [2.75, 3.05) is 31.6 Å². The standard InChI is InChI=1S/C11H14Cl2N2O3/c12-8-1-2-9(13)10(7-8)14-11(18)15(3-5-16)4-6-17/h1-2,7,16-17H,3-6H2,(H,14,18). The molecule has 0 spiro atoms. The molecule has 0 saturated carbocycles. The number of aliphatic hydroxyl groups excluding tert-OH is 2. The van der Waals surface area contributed by atoms with Crippen LogP contribution in [0.4, 0.5) is 10.5 Å². The van der Waals surface area contributed by atoms with Crippen molar-refractivity contribution in [3.63, 3.8) is 0 Å². The lowest BCUT2D eigenvalue weighted by Gasteiger charge is -2.21. The first-order valence-electron chi connectivity index (χ1n) is 5.31. The lowest BCUT2D eigenvalue weighted by atomic mass is 10.3. The second kappa shape index (κ2) is 7.43. The maximum absolute atomic E-state index is 11.8. The van der Waals surface area contributed by atoms with Crippen LogP contribution in [0, 0.1) is 0 Å². The lowest BCUT2D eigenvalue weighted by molar-refractivity contribution is 0.167. The summed E-state index contributed by atoms with van der Waals surface area (Å²) in [6.07, 6.45) is 0. The Kier molecular flexibility index (Phi) is 6.21. The Morgan fingerprint density at radius 1 is 1.22 bits per heavy atom. The van der Waals surface area contributed by atoms with Gasteiger partial charge in [-0.2, -0.15) is 0 Å². The third-order valence-electron chi connectivity index (χ3n) is 2.20. The summed E-state index contributed by atoms with van der Waals surface area (Å²) in [7, 11) is 0. The Balaban J connectivity index is 2.75. The number of aliphatic hydroxyl groups is 2. The molecule has 7 heteroatoms. The van der Waals surface area contributed by atoms with Crippen molar-refractivity contribution in [3.8, 4) is 0 Å². The van der Waals surface area contributed by atoms with E-state index in [1.807, 2.05) is 0 Å². The van der Waals surface area contributed by atoms with E-state index in [0.717, 1.165) is 0 Å². The molecule has 0 fully saturated rings. The summed E-state index contributed by atoms with van der Waals surface area (Å²) in [6, 6.07) is 4.25. The topological polar surface area (TPSA) is 72.8 Å². The summed E-state index contributed by atoms with van der Waals surface area (Å²) in [4.78, 5) is 13.1. The van der Waals surface area contributed by atoms with Crippen LogP contribution in [-0.4, -0.2) is 47.4 Å². The molecule has 0 atom stereocenters. The van der Waals surface area contributed by atoms with Crippen LogP contribution < -0.4 is 5.32 Å². The maximum atomic E-state index is 11.8. The van der Waals surface area contributed by atoms with Crippen LogP contribution in [0.15, 0.2) is 18.2 Å². The molecule has 5 nitrogen and oxygen atoms in total. The summed E-state index contributed by atoms with van der Waals surface area (Å²) in [6.45, 7) is -0.109. The predicted octanol–water partition coefficient (Wildman–Crippen LogP) is 1.81. The molecule has 100 valence electrons. The van der Waals surface area contributed by atoms with Gasteiger partial charge < -0.3 is 20.4 Å². The van der Waals surface area contributed by atoms with Gasteiger partial charge in [-0.3, -0.25) is 0 Å². The zero-order chi connectivity index (χ0) is 13.5. The molecule has 0 aliphatic carbocycles. The van der Waals surface area contributed by atoms with Crippen molar-refractivity contribution in [1.82, 2.24) is 4.90 Å². The van der Waals surface area contributed by atoms with Crippen molar-refractivity contribution in [1.29, 1.82) is 0 Å². The van der Waals surface area contributed by atoms with Crippen molar-refractivity contribution < 1.29 is 15.0 Å². The van der Waals surface area contributed by atoms with Gasteiger partial charge in [0.15, 0.2) is 0 Å². The Hall–Kier alpha value is -1.01. The number of rotatable bonds is 5. The molecular weight excluding hydrogens is 279 g/mol. The fourth-order valence-electron chi connectivity index (χ4n) is 1.34. The average molecular weight is 293 g/mol. The lowest BCUT2D eigenvalue weighted by Crippen LogP contribution is -2.39. The molecule has 0 aliphatic heterocycles. The second-order valence-electron chi connectivity index (χ2n) is 3.49. The van der Waals surface area contributed by atoms with Gasteiger partial charge in [0, 0.05) is 18.1 Å². The number of amides is 2. The van der Waals surface area contributed by atoms with E-state index in [-0.39, 0.29) is 26.3 Å². The predicted molar refractivity (Wildman–Crippen MR) is 71.2 cm³/mol. The van der Waals surface area contributed by atoms with Gasteiger partial charge in [-0.15, -0.1) is 0 Å². The van der Waals surface area contributed by atoms with Gasteiger partial charge >= 0.3 is 6.03 Å². The van der Waals surface area contributed by atoms with Crippen LogP contribution in [0.3, 0.4) is 0 Å². The molecule has 0 aliphatic rings. The van der Waals surface area contributed by atoms with Gasteiger partial charge in [0.2, 0.25) is 0 Å². The molecule has 0 heterocycles. The molecule has 0 radical (unpaired) electrons. The van der Waals surface area contributed by atoms with Crippen molar-refractivity contribution in [2.24, 2.45) is 0 Å². The highest BCUT2D eigenvalue weighted by atomic mass is 35.5. The fraction of sp³-hybridized carbons (Fsp3) is 0.364. The molecule has 0 saturated heterocycles. The number of urea groups is 1. The molecule has 1 aromatic carbocycles. The van der Waals surface area contributed by atoms with E-state index in [9.17, 15) is 4.79 Å². The van der Waals surface area contributed by atoms with E-state index in [4.69, 9.17) is 33.4 Å². The highest BCUT2D eigenvalue weighted by Crippen LogP contribution is 2.25. The molecule has 0 aromatic heterocycles. The molecular formula is C11H14Cl2N2O3. The highest BCUT2D eigenvalue weighted by molar-refractivity contribution is 6.35. The highest BCUT2D eigenvalue weighted by Gasteiger charge is 2.13. The van der Waals surface area contributed by atoms with Crippen LogP contribution in [0.1, 0.15) is 0 Å². The monoisotopic (exact) mass is 292 g/mol. The SMILES string of the molecule is O=C(Nc1cc(Cl)ccc1Cl)N(CCO)CCO. The van der Waals surface area contributed by atoms with Gasteiger partial charge in [0.25, 0.3) is 0 Å². The number of halogens is 2. The summed E-state index contributed by atoms with van der Waals surface area (Å²) >= 11 is 11.7. The third-order valence-corrected chi connectivity index (χ3v) is 2.76. The minimum atomic E-state index is -0.456. The first-order chi connectivity index (χ1) is 8.58. The van der Waals surface area contributed by atoms with Crippen molar-refractivity contribution in [3.05, 3.63) is 28.2 Å². The minimum Gasteiger partial charge on any atom is -0.395 e. The summed E-state index contributed by atoms with van der Waals surface area (Å²) in [5, 5.41) is 21.0. The number of benzene rings is 1. The summed E-state index contributed by atoms with van der Waals surface area (Å²) < 4.78 is 0. The minimum absolute atomic E-state index is 0.130. The van der Waals surface area contributed by atoms with Crippen LogP contribution in [-0.2, 0) is 0 Å². The number of anilines is 1. The summed E-state index contributed by atoms with van der Waals surface area (Å²) in [5.74, 6) is 0. The smallest absolute Gasteiger partial charge is 0.322 e. The number of hydrogen-bond acceptors (Lipinski definition) is 3. The zero-order valence-electron chi connectivity index (χ0n) is 9.57. The van der Waals surface area contributed by atoms with Crippen LogP contribution in [0.2, 0.25) is 10.0 Å². The van der Waals surface area contributed by atoms with Crippen LogP contribution in [0.5, 0.6) is 0 Å². The van der Waals surface area contributed by atoms with Crippen molar-refractivity contribution >= 4 is 34.9 Å². The Labute approximate surface area is 115 Å². The zero-order valence-corrected chi connectivity index (χ0v) is 11.1. The molecule has 0 bridgehead atoms. The molecule has 0 unspecified atom stereocenters. The van der Waals surface area contributed by atoms with Gasteiger partial charge in [0.1, 0.15) is 0 Å². The molecule has 18 heavy (non-hydrogen) atoms. The Bertz CT molecular complexity index is 409. The van der Waals surface area contributed by atoms with E-state index in [0.29, 0.717) is 15.7 Å². The second-order valence-corrected chi connectivity index (χ2v) is 4.33. The number of carbonyl (C=O) groups excluding carboxylic acids is 1. The van der Waals surface area contributed by atoms with Crippen LogP contribution in [0.25, 0.3) is 0 Å². The first-order valence-corrected chi connectivity index (χ1v) is 6.06. The molecule has 1 aromatic rings. The number of nitrogens with one attached hydrogen (secondary N) is 1. The molecule has 3 N–H and O–H groups in total. The molecule has 2 amide bonds. The number of hydrogen-bond donors (Lipinski definition) is 3. The van der Waals surface area contributed by atoms with E-state index in [2.05, 4.69) is 5.32 Å². The first kappa shape index (κ1) is 15.0. The van der Waals surface area contributed by atoms with Crippen LogP contribution >= 0.6 is 23.2 Å². The third kappa shape index (κ3) is 4.34. The normalized spacial score (nSPS) is 10.2. The van der Waals surface area contributed by atoms with Gasteiger partial charge in [-0.05, 0) is 18.2 Å². The number of nitrogens with zero attached hydrogens (tertiary/aromatic N) is 1. The number of carbonyl (C=O) groups is 1. The van der Waals surface area contributed by atoms with E-state index < -0.39 is 6.03 Å². The van der Waals surface area contributed by atoms with Gasteiger partial charge in [0.05, 0.1) is 23.9 Å². The fourth-order valence-corrected chi connectivity index (χ4v) is 1.68. The van der Waals surface area contributed by atoms with E-state index >= 15 is 0 Å². The van der Waals surface area contributed by atoms with E-state index in [1.165, 1.54) is 11.0 Å². The van der Waals surface area contributed by atoms with Crippen molar-refractivity contribution in [2.45, 2.75) is 0 Å². The quantitative estimate of drug-likeness (QED) is 0.775.